The van der Waals surface area contributed by atoms with Gasteiger partial charge in [0.2, 0.25) is 11.8 Å². The molecule has 0 radical (unpaired) electrons. The second-order valence-electron chi connectivity index (χ2n) is 7.78. The molecule has 0 spiro atoms. The number of ether oxygens (including phenoxy) is 1. The van der Waals surface area contributed by atoms with E-state index < -0.39 is 11.5 Å². The number of aromatic nitrogens is 1. The molecule has 0 bridgehead atoms. The first-order valence-corrected chi connectivity index (χ1v) is 9.09. The predicted octanol–water partition coefficient (Wildman–Crippen LogP) is 2.10. The lowest BCUT2D eigenvalue weighted by Crippen LogP contribution is -2.54. The molecule has 2 aromatic rings. The number of hydrogen-bond donors (Lipinski definition) is 2. The van der Waals surface area contributed by atoms with Crippen LogP contribution in [0.3, 0.4) is 0 Å². The molecule has 0 unspecified atom stereocenters. The van der Waals surface area contributed by atoms with Gasteiger partial charge < -0.3 is 19.9 Å². The minimum atomic E-state index is -0.584. The van der Waals surface area contributed by atoms with Gasteiger partial charge in [0.1, 0.15) is 6.04 Å². The molecule has 2 amide bonds. The van der Waals surface area contributed by atoms with Gasteiger partial charge in [-0.25, -0.2) is 0 Å². The maximum absolute atomic E-state index is 13.1. The van der Waals surface area contributed by atoms with Crippen LogP contribution in [-0.4, -0.2) is 54.0 Å². The Labute approximate surface area is 153 Å². The molecule has 2 heterocycles. The van der Waals surface area contributed by atoms with Crippen LogP contribution in [0.25, 0.3) is 10.9 Å². The van der Waals surface area contributed by atoms with Crippen LogP contribution in [0.4, 0.5) is 0 Å². The average molecular weight is 357 g/mol. The predicted molar refractivity (Wildman–Crippen MR) is 101 cm³/mol. The fourth-order valence-corrected chi connectivity index (χ4v) is 3.10. The Balaban J connectivity index is 1.84. The number of fused-ring (bicyclic) bond motifs is 1. The van der Waals surface area contributed by atoms with Crippen molar-refractivity contribution >= 4 is 22.7 Å². The lowest BCUT2D eigenvalue weighted by Gasteiger charge is -2.32. The van der Waals surface area contributed by atoms with Crippen molar-refractivity contribution in [3.05, 3.63) is 36.0 Å². The van der Waals surface area contributed by atoms with E-state index in [1.165, 1.54) is 0 Å². The fourth-order valence-electron chi connectivity index (χ4n) is 3.10. The smallest absolute Gasteiger partial charge is 0.245 e. The van der Waals surface area contributed by atoms with Gasteiger partial charge >= 0.3 is 0 Å². The average Bonchev–Trinajstić information content (AvgIpc) is 3.03. The zero-order valence-electron chi connectivity index (χ0n) is 15.7. The highest BCUT2D eigenvalue weighted by Gasteiger charge is 2.31. The first-order valence-electron chi connectivity index (χ1n) is 9.09. The molecule has 1 fully saturated rings. The molecule has 1 saturated heterocycles. The molecule has 2 N–H and O–H groups in total. The zero-order chi connectivity index (χ0) is 18.7. The summed E-state index contributed by atoms with van der Waals surface area (Å²) in [5.41, 5.74) is 1.51. The van der Waals surface area contributed by atoms with Gasteiger partial charge in [0.25, 0.3) is 0 Å². The number of amides is 2. The third-order valence-corrected chi connectivity index (χ3v) is 4.71. The van der Waals surface area contributed by atoms with Gasteiger partial charge in [0, 0.05) is 42.0 Å². The Bertz CT molecular complexity index is 785. The summed E-state index contributed by atoms with van der Waals surface area (Å²) in [5.74, 6) is -0.167. The van der Waals surface area contributed by atoms with E-state index in [2.05, 4.69) is 10.3 Å². The number of morpholine rings is 1. The Morgan fingerprint density at radius 3 is 2.62 bits per heavy atom. The summed E-state index contributed by atoms with van der Waals surface area (Å²) in [6, 6.07) is 7.40. The number of rotatable bonds is 4. The molecule has 3 rings (SSSR count). The molecule has 0 aliphatic carbocycles. The van der Waals surface area contributed by atoms with Gasteiger partial charge in [-0.2, -0.15) is 0 Å². The molecule has 1 aromatic heterocycles. The van der Waals surface area contributed by atoms with Crippen LogP contribution in [-0.2, 0) is 20.7 Å². The van der Waals surface area contributed by atoms with E-state index in [4.69, 9.17) is 4.74 Å². The first-order chi connectivity index (χ1) is 12.4. The second kappa shape index (κ2) is 7.50. The van der Waals surface area contributed by atoms with Crippen LogP contribution in [0.15, 0.2) is 30.5 Å². The van der Waals surface area contributed by atoms with Crippen LogP contribution >= 0.6 is 0 Å². The monoisotopic (exact) mass is 357 g/mol. The van der Waals surface area contributed by atoms with Gasteiger partial charge in [-0.3, -0.25) is 9.59 Å². The maximum atomic E-state index is 13.1. The van der Waals surface area contributed by atoms with Gasteiger partial charge in [-0.15, -0.1) is 0 Å². The molecule has 140 valence electrons. The lowest BCUT2D eigenvalue weighted by atomic mass is 9.94. The number of benzene rings is 1. The lowest BCUT2D eigenvalue weighted by molar-refractivity contribution is -0.141. The number of nitrogens with one attached hydrogen (secondary N) is 2. The zero-order valence-corrected chi connectivity index (χ0v) is 15.7. The first kappa shape index (κ1) is 18.5. The minimum Gasteiger partial charge on any atom is -0.378 e. The molecule has 0 saturated carbocycles. The Morgan fingerprint density at radius 2 is 1.92 bits per heavy atom. The van der Waals surface area contributed by atoms with Gasteiger partial charge in [0.05, 0.1) is 13.2 Å². The van der Waals surface area contributed by atoms with E-state index in [-0.39, 0.29) is 11.8 Å². The number of aromatic amines is 1. The second-order valence-corrected chi connectivity index (χ2v) is 7.78. The van der Waals surface area contributed by atoms with Crippen molar-refractivity contribution in [2.24, 2.45) is 5.41 Å². The summed E-state index contributed by atoms with van der Waals surface area (Å²) >= 11 is 0. The van der Waals surface area contributed by atoms with E-state index in [1.54, 1.807) is 4.90 Å². The summed E-state index contributed by atoms with van der Waals surface area (Å²) in [5, 5.41) is 4.05. The molecule has 26 heavy (non-hydrogen) atoms. The highest BCUT2D eigenvalue weighted by Crippen LogP contribution is 2.21. The summed E-state index contributed by atoms with van der Waals surface area (Å²) in [6.45, 7) is 7.76. The fraction of sp³-hybridized carbons (Fsp3) is 0.500. The number of carbonyl (C=O) groups excluding carboxylic acids is 2. The molecule has 1 aliphatic rings. The van der Waals surface area contributed by atoms with Crippen LogP contribution in [0.2, 0.25) is 0 Å². The van der Waals surface area contributed by atoms with Crippen molar-refractivity contribution in [1.29, 1.82) is 0 Å². The highest BCUT2D eigenvalue weighted by molar-refractivity contribution is 5.91. The van der Waals surface area contributed by atoms with Crippen LogP contribution < -0.4 is 5.32 Å². The van der Waals surface area contributed by atoms with Crippen LogP contribution in [0.1, 0.15) is 26.3 Å². The molecular weight excluding hydrogens is 330 g/mol. The Morgan fingerprint density at radius 1 is 1.23 bits per heavy atom. The number of nitrogens with zero attached hydrogens (tertiary/aromatic N) is 1. The van der Waals surface area contributed by atoms with E-state index >= 15 is 0 Å². The quantitative estimate of drug-likeness (QED) is 0.880. The van der Waals surface area contributed by atoms with Crippen LogP contribution in [0, 0.1) is 5.41 Å². The molecule has 1 atom stereocenters. The number of H-pyrrole nitrogens is 1. The van der Waals surface area contributed by atoms with Gasteiger partial charge in [0.15, 0.2) is 0 Å². The van der Waals surface area contributed by atoms with Gasteiger partial charge in [-0.1, -0.05) is 39.0 Å². The van der Waals surface area contributed by atoms with Crippen molar-refractivity contribution in [2.75, 3.05) is 26.3 Å². The van der Waals surface area contributed by atoms with E-state index in [9.17, 15) is 9.59 Å². The minimum absolute atomic E-state index is 0.0452. The molecule has 6 heteroatoms. The van der Waals surface area contributed by atoms with Crippen molar-refractivity contribution < 1.29 is 14.3 Å². The largest absolute Gasteiger partial charge is 0.378 e. The third-order valence-electron chi connectivity index (χ3n) is 4.71. The topological polar surface area (TPSA) is 74.4 Å². The summed E-state index contributed by atoms with van der Waals surface area (Å²) in [7, 11) is 0. The normalized spacial score (nSPS) is 16.5. The summed E-state index contributed by atoms with van der Waals surface area (Å²) in [4.78, 5) is 30.6. The number of carbonyl (C=O) groups is 2. The number of para-hydroxylation sites is 1. The van der Waals surface area contributed by atoms with Crippen molar-refractivity contribution in [3.8, 4) is 0 Å². The molecule has 1 aromatic carbocycles. The van der Waals surface area contributed by atoms with Crippen molar-refractivity contribution in [2.45, 2.75) is 33.2 Å². The van der Waals surface area contributed by atoms with Crippen molar-refractivity contribution in [3.63, 3.8) is 0 Å². The third kappa shape index (κ3) is 4.07. The number of hydrogen-bond acceptors (Lipinski definition) is 3. The maximum Gasteiger partial charge on any atom is 0.245 e. The molecular formula is C20H27N3O3. The molecule has 1 aliphatic heterocycles. The SMILES string of the molecule is CC(C)(C)C(=O)N[C@@H](Cc1c[nH]c2ccccc12)C(=O)N1CCOCC1. The van der Waals surface area contributed by atoms with Crippen LogP contribution in [0.5, 0.6) is 0 Å². The van der Waals surface area contributed by atoms with Crippen molar-refractivity contribution in [1.82, 2.24) is 15.2 Å². The van der Waals surface area contributed by atoms with Gasteiger partial charge in [-0.05, 0) is 11.6 Å². The highest BCUT2D eigenvalue weighted by atomic mass is 16.5. The molecule has 6 nitrogen and oxygen atoms in total. The standard InChI is InChI=1S/C20H27N3O3/c1-20(2,3)19(25)22-17(18(24)23-8-10-26-11-9-23)12-14-13-21-16-7-5-4-6-15(14)16/h4-7,13,17,21H,8-12H2,1-3H3,(H,22,25)/t17-/m0/s1. The van der Waals surface area contributed by atoms with E-state index in [0.29, 0.717) is 32.7 Å². The Hall–Kier alpha value is -2.34. The Kier molecular flexibility index (Phi) is 5.32. The summed E-state index contributed by atoms with van der Waals surface area (Å²) < 4.78 is 5.34. The van der Waals surface area contributed by atoms with E-state index in [1.807, 2.05) is 51.2 Å². The van der Waals surface area contributed by atoms with E-state index in [0.717, 1.165) is 16.5 Å². The summed E-state index contributed by atoms with van der Waals surface area (Å²) in [6.07, 6.45) is 2.38.